The molecule has 1 saturated heterocycles. The maximum absolute atomic E-state index is 2.60. The fourth-order valence-corrected chi connectivity index (χ4v) is 3.19. The molecular weight excluding hydrogens is 256 g/mol. The normalized spacial score (nSPS) is 17.0. The molecule has 0 saturated carbocycles. The minimum atomic E-state index is 0.101. The van der Waals surface area contributed by atoms with Crippen molar-refractivity contribution in [1.29, 1.82) is 0 Å². The average molecular weight is 280 g/mol. The minimum absolute atomic E-state index is 0.101. The van der Waals surface area contributed by atoms with Gasteiger partial charge < -0.3 is 4.90 Å². The number of rotatable bonds is 3. The van der Waals surface area contributed by atoms with E-state index < -0.39 is 0 Å². The highest BCUT2D eigenvalue weighted by Crippen LogP contribution is 2.29. The zero-order valence-corrected chi connectivity index (χ0v) is 13.0. The Morgan fingerprint density at radius 1 is 0.714 bits per heavy atom. The third kappa shape index (κ3) is 2.96. The summed E-state index contributed by atoms with van der Waals surface area (Å²) < 4.78 is 0. The molecule has 2 heteroatoms. The maximum Gasteiger partial charge on any atom is 0.0405 e. The van der Waals surface area contributed by atoms with Crippen molar-refractivity contribution in [2.75, 3.05) is 31.1 Å². The van der Waals surface area contributed by atoms with Gasteiger partial charge in [-0.1, -0.05) is 48.5 Å². The second-order valence-electron chi connectivity index (χ2n) is 6.23. The molecule has 2 aromatic rings. The Kier molecular flexibility index (Phi) is 3.98. The van der Waals surface area contributed by atoms with Crippen LogP contribution in [0.3, 0.4) is 0 Å². The standard InChI is InChI=1S/C19H24N2/c1-19(2,17-9-5-3-6-10-17)21-15-13-20(14-16-21)18-11-7-4-8-12-18/h3-12H,13-16H2,1-2H3. The van der Waals surface area contributed by atoms with Crippen LogP contribution in [0, 0.1) is 0 Å². The van der Waals surface area contributed by atoms with E-state index in [2.05, 4.69) is 84.3 Å². The summed E-state index contributed by atoms with van der Waals surface area (Å²) in [5.41, 5.74) is 2.84. The Balaban J connectivity index is 1.68. The first-order valence-electron chi connectivity index (χ1n) is 7.78. The summed E-state index contributed by atoms with van der Waals surface area (Å²) in [7, 11) is 0. The molecule has 2 nitrogen and oxygen atoms in total. The molecule has 0 amide bonds. The summed E-state index contributed by atoms with van der Waals surface area (Å²) in [4.78, 5) is 5.08. The molecule has 110 valence electrons. The molecule has 1 aliphatic rings. The van der Waals surface area contributed by atoms with Gasteiger partial charge in [-0.15, -0.1) is 0 Å². The molecule has 0 bridgehead atoms. The van der Waals surface area contributed by atoms with E-state index in [0.717, 1.165) is 26.2 Å². The number of nitrogens with zero attached hydrogens (tertiary/aromatic N) is 2. The van der Waals surface area contributed by atoms with Gasteiger partial charge in [0.05, 0.1) is 0 Å². The van der Waals surface area contributed by atoms with Crippen LogP contribution in [0.25, 0.3) is 0 Å². The molecule has 0 spiro atoms. The minimum Gasteiger partial charge on any atom is -0.369 e. The molecule has 0 N–H and O–H groups in total. The van der Waals surface area contributed by atoms with E-state index in [-0.39, 0.29) is 5.54 Å². The molecule has 0 atom stereocenters. The predicted octanol–water partition coefficient (Wildman–Crippen LogP) is 3.74. The third-order valence-corrected chi connectivity index (χ3v) is 4.67. The second kappa shape index (κ2) is 5.90. The maximum atomic E-state index is 2.60. The zero-order valence-electron chi connectivity index (χ0n) is 13.0. The van der Waals surface area contributed by atoms with E-state index in [1.807, 2.05) is 0 Å². The van der Waals surface area contributed by atoms with Crippen molar-refractivity contribution in [3.05, 3.63) is 66.2 Å². The second-order valence-corrected chi connectivity index (χ2v) is 6.23. The summed E-state index contributed by atoms with van der Waals surface area (Å²) in [6, 6.07) is 21.6. The number of hydrogen-bond acceptors (Lipinski definition) is 2. The van der Waals surface area contributed by atoms with Crippen LogP contribution < -0.4 is 4.90 Å². The molecule has 1 fully saturated rings. The van der Waals surface area contributed by atoms with Crippen LogP contribution in [0.4, 0.5) is 5.69 Å². The first kappa shape index (κ1) is 14.2. The lowest BCUT2D eigenvalue weighted by molar-refractivity contribution is 0.111. The summed E-state index contributed by atoms with van der Waals surface area (Å²) in [5, 5.41) is 0. The Hall–Kier alpha value is -1.80. The van der Waals surface area contributed by atoms with Crippen molar-refractivity contribution in [2.45, 2.75) is 19.4 Å². The quantitative estimate of drug-likeness (QED) is 0.845. The molecule has 21 heavy (non-hydrogen) atoms. The molecule has 0 aromatic heterocycles. The van der Waals surface area contributed by atoms with E-state index in [9.17, 15) is 0 Å². The van der Waals surface area contributed by atoms with Crippen LogP contribution in [-0.2, 0) is 5.54 Å². The van der Waals surface area contributed by atoms with Gasteiger partial charge in [0.15, 0.2) is 0 Å². The van der Waals surface area contributed by atoms with Crippen LogP contribution in [0.5, 0.6) is 0 Å². The molecule has 2 aromatic carbocycles. The topological polar surface area (TPSA) is 6.48 Å². The first-order chi connectivity index (χ1) is 10.2. The van der Waals surface area contributed by atoms with Crippen LogP contribution in [0.15, 0.2) is 60.7 Å². The van der Waals surface area contributed by atoms with E-state index in [4.69, 9.17) is 0 Å². The predicted molar refractivity (Wildman–Crippen MR) is 89.7 cm³/mol. The number of piperazine rings is 1. The van der Waals surface area contributed by atoms with Gasteiger partial charge >= 0.3 is 0 Å². The smallest absolute Gasteiger partial charge is 0.0405 e. The lowest BCUT2D eigenvalue weighted by Gasteiger charge is -2.45. The summed E-state index contributed by atoms with van der Waals surface area (Å²) in [6.45, 7) is 9.08. The van der Waals surface area contributed by atoms with E-state index in [1.54, 1.807) is 0 Å². The Bertz CT molecular complexity index is 555. The number of para-hydroxylation sites is 1. The Morgan fingerprint density at radius 2 is 1.24 bits per heavy atom. The number of hydrogen-bond donors (Lipinski definition) is 0. The monoisotopic (exact) mass is 280 g/mol. The molecule has 0 aliphatic carbocycles. The van der Waals surface area contributed by atoms with Gasteiger partial charge in [-0.05, 0) is 31.5 Å². The lowest BCUT2D eigenvalue weighted by Crippen LogP contribution is -2.53. The van der Waals surface area contributed by atoms with Gasteiger partial charge in [0.2, 0.25) is 0 Å². The number of anilines is 1. The van der Waals surface area contributed by atoms with Crippen LogP contribution >= 0.6 is 0 Å². The van der Waals surface area contributed by atoms with Gasteiger partial charge in [0.25, 0.3) is 0 Å². The van der Waals surface area contributed by atoms with Gasteiger partial charge in [-0.3, -0.25) is 4.90 Å². The first-order valence-corrected chi connectivity index (χ1v) is 7.78. The van der Waals surface area contributed by atoms with Crippen LogP contribution in [-0.4, -0.2) is 31.1 Å². The number of benzene rings is 2. The third-order valence-electron chi connectivity index (χ3n) is 4.67. The molecule has 0 radical (unpaired) electrons. The molecule has 3 rings (SSSR count). The highest BCUT2D eigenvalue weighted by Gasteiger charge is 2.31. The van der Waals surface area contributed by atoms with Crippen molar-refractivity contribution in [2.24, 2.45) is 0 Å². The highest BCUT2D eigenvalue weighted by molar-refractivity contribution is 5.46. The van der Waals surface area contributed by atoms with Gasteiger partial charge in [0.1, 0.15) is 0 Å². The van der Waals surface area contributed by atoms with Gasteiger partial charge in [-0.2, -0.15) is 0 Å². The highest BCUT2D eigenvalue weighted by atomic mass is 15.3. The summed E-state index contributed by atoms with van der Waals surface area (Å²) in [5.74, 6) is 0. The van der Waals surface area contributed by atoms with E-state index >= 15 is 0 Å². The fraction of sp³-hybridized carbons (Fsp3) is 0.368. The Morgan fingerprint density at radius 3 is 1.81 bits per heavy atom. The van der Waals surface area contributed by atoms with Crippen molar-refractivity contribution in [3.8, 4) is 0 Å². The van der Waals surface area contributed by atoms with E-state index in [1.165, 1.54) is 11.3 Å². The van der Waals surface area contributed by atoms with Crippen molar-refractivity contribution in [1.82, 2.24) is 4.90 Å². The largest absolute Gasteiger partial charge is 0.369 e. The van der Waals surface area contributed by atoms with Crippen molar-refractivity contribution in [3.63, 3.8) is 0 Å². The zero-order chi connectivity index (χ0) is 14.7. The molecule has 0 unspecified atom stereocenters. The Labute approximate surface area is 128 Å². The van der Waals surface area contributed by atoms with Gasteiger partial charge in [0, 0.05) is 37.4 Å². The van der Waals surface area contributed by atoms with Crippen LogP contribution in [0.1, 0.15) is 19.4 Å². The fourth-order valence-electron chi connectivity index (χ4n) is 3.19. The van der Waals surface area contributed by atoms with Crippen LogP contribution in [0.2, 0.25) is 0 Å². The van der Waals surface area contributed by atoms with Gasteiger partial charge in [-0.25, -0.2) is 0 Å². The van der Waals surface area contributed by atoms with Crippen molar-refractivity contribution < 1.29 is 0 Å². The SMILES string of the molecule is CC(C)(c1ccccc1)N1CCN(c2ccccc2)CC1. The van der Waals surface area contributed by atoms with Crippen molar-refractivity contribution >= 4 is 5.69 Å². The summed E-state index contributed by atoms with van der Waals surface area (Å²) >= 11 is 0. The molecule has 1 heterocycles. The molecule has 1 aliphatic heterocycles. The lowest BCUT2D eigenvalue weighted by atomic mass is 9.91. The van der Waals surface area contributed by atoms with E-state index in [0.29, 0.717) is 0 Å². The molecular formula is C19H24N2. The average Bonchev–Trinajstić information content (AvgIpc) is 2.57. The summed E-state index contributed by atoms with van der Waals surface area (Å²) in [6.07, 6.45) is 0.